The van der Waals surface area contributed by atoms with Crippen LogP contribution in [0.3, 0.4) is 0 Å². The van der Waals surface area contributed by atoms with Crippen molar-refractivity contribution in [3.63, 3.8) is 0 Å². The summed E-state index contributed by atoms with van der Waals surface area (Å²) in [5.74, 6) is 0.642. The highest BCUT2D eigenvalue weighted by Gasteiger charge is 2.19. The number of methoxy groups -OCH3 is 4. The molecule has 134 valence electrons. The molecule has 2 rings (SSSR count). The lowest BCUT2D eigenvalue weighted by molar-refractivity contribution is -0.305. The number of benzene rings is 2. The Bertz CT molecular complexity index is 685. The van der Waals surface area contributed by atoms with Crippen LogP contribution in [0.2, 0.25) is 0 Å². The molecule has 2 aromatic carbocycles. The number of hydrogen-bond acceptors (Lipinski definition) is 6. The van der Waals surface area contributed by atoms with Gasteiger partial charge in [-0.1, -0.05) is 12.1 Å². The average Bonchev–Trinajstić information content (AvgIpc) is 2.64. The Hall–Kier alpha value is -2.89. The monoisotopic (exact) mass is 345 g/mol. The van der Waals surface area contributed by atoms with Crippen LogP contribution in [0.4, 0.5) is 0 Å². The maximum Gasteiger partial charge on any atom is 0.161 e. The van der Waals surface area contributed by atoms with E-state index in [-0.39, 0.29) is 6.42 Å². The van der Waals surface area contributed by atoms with E-state index in [1.54, 1.807) is 38.5 Å². The van der Waals surface area contributed by atoms with Crippen LogP contribution in [0.15, 0.2) is 36.4 Å². The van der Waals surface area contributed by atoms with Crippen LogP contribution in [0.1, 0.15) is 23.5 Å². The zero-order valence-corrected chi connectivity index (χ0v) is 14.7. The first-order valence-electron chi connectivity index (χ1n) is 7.67. The van der Waals surface area contributed by atoms with E-state index in [1.165, 1.54) is 14.2 Å². The van der Waals surface area contributed by atoms with E-state index in [0.29, 0.717) is 23.0 Å². The normalized spacial score (nSPS) is 10.4. The van der Waals surface area contributed by atoms with E-state index in [9.17, 15) is 9.90 Å². The molecule has 0 aliphatic heterocycles. The second-order valence-corrected chi connectivity index (χ2v) is 5.36. The number of carbonyl (C=O) groups is 1. The third-order valence-corrected chi connectivity index (χ3v) is 3.99. The van der Waals surface area contributed by atoms with Gasteiger partial charge in [-0.25, -0.2) is 0 Å². The van der Waals surface area contributed by atoms with Crippen molar-refractivity contribution in [3.05, 3.63) is 47.5 Å². The lowest BCUT2D eigenvalue weighted by Gasteiger charge is -2.21. The lowest BCUT2D eigenvalue weighted by atomic mass is 9.88. The van der Waals surface area contributed by atoms with Crippen molar-refractivity contribution in [2.45, 2.75) is 12.3 Å². The van der Waals surface area contributed by atoms with Gasteiger partial charge in [0.1, 0.15) is 0 Å². The van der Waals surface area contributed by atoms with Gasteiger partial charge in [0, 0.05) is 11.9 Å². The molecule has 6 heteroatoms. The number of carbonyl (C=O) groups excluding carboxylic acids is 1. The van der Waals surface area contributed by atoms with Crippen molar-refractivity contribution in [2.24, 2.45) is 0 Å². The molecule has 0 fully saturated rings. The second-order valence-electron chi connectivity index (χ2n) is 5.36. The van der Waals surface area contributed by atoms with Gasteiger partial charge in [-0.05, 0) is 41.8 Å². The molecular formula is C19H21O6-. The van der Waals surface area contributed by atoms with Gasteiger partial charge in [-0.15, -0.1) is 0 Å². The van der Waals surface area contributed by atoms with Gasteiger partial charge < -0.3 is 28.8 Å². The Kier molecular flexibility index (Phi) is 6.11. The van der Waals surface area contributed by atoms with Gasteiger partial charge in [-0.2, -0.15) is 0 Å². The molecular weight excluding hydrogens is 324 g/mol. The molecule has 0 unspecified atom stereocenters. The van der Waals surface area contributed by atoms with Crippen molar-refractivity contribution in [1.29, 1.82) is 0 Å². The van der Waals surface area contributed by atoms with Gasteiger partial charge in [0.05, 0.1) is 28.4 Å². The number of aliphatic carboxylic acids is 1. The first-order valence-corrected chi connectivity index (χ1v) is 7.67. The summed E-state index contributed by atoms with van der Waals surface area (Å²) in [6, 6.07) is 10.7. The van der Waals surface area contributed by atoms with E-state index in [2.05, 4.69) is 0 Å². The predicted octanol–water partition coefficient (Wildman–Crippen LogP) is 1.99. The number of carboxylic acid groups (broad SMARTS) is 1. The van der Waals surface area contributed by atoms with Crippen LogP contribution in [-0.4, -0.2) is 34.4 Å². The van der Waals surface area contributed by atoms with Gasteiger partial charge >= 0.3 is 0 Å². The molecule has 0 atom stereocenters. The van der Waals surface area contributed by atoms with E-state index in [1.807, 2.05) is 12.1 Å². The summed E-state index contributed by atoms with van der Waals surface area (Å²) in [4.78, 5) is 11.3. The molecule has 0 bridgehead atoms. The molecule has 2 aromatic rings. The Labute approximate surface area is 146 Å². The summed E-state index contributed by atoms with van der Waals surface area (Å²) in [5, 5.41) is 11.3. The zero-order valence-electron chi connectivity index (χ0n) is 14.7. The van der Waals surface area contributed by atoms with Crippen LogP contribution in [-0.2, 0) is 4.79 Å². The molecule has 0 N–H and O–H groups in total. The van der Waals surface area contributed by atoms with E-state index >= 15 is 0 Å². The standard InChI is InChI=1S/C19H22O6/c1-22-15-7-5-12(9-17(15)24-3)14(11-19(20)21)13-6-8-16(23-2)18(10-13)25-4/h5-10,14H,11H2,1-4H3,(H,20,21)/p-1. The van der Waals surface area contributed by atoms with Crippen molar-refractivity contribution in [2.75, 3.05) is 28.4 Å². The van der Waals surface area contributed by atoms with E-state index in [0.717, 1.165) is 11.1 Å². The molecule has 6 nitrogen and oxygen atoms in total. The van der Waals surface area contributed by atoms with Gasteiger partial charge in [0.25, 0.3) is 0 Å². The van der Waals surface area contributed by atoms with Gasteiger partial charge in [0.15, 0.2) is 23.0 Å². The third-order valence-electron chi connectivity index (χ3n) is 3.99. The molecule has 0 aliphatic carbocycles. The minimum absolute atomic E-state index is 0.176. The second kappa shape index (κ2) is 8.28. The van der Waals surface area contributed by atoms with Crippen LogP contribution >= 0.6 is 0 Å². The van der Waals surface area contributed by atoms with Crippen LogP contribution in [0, 0.1) is 0 Å². The molecule has 0 aromatic heterocycles. The van der Waals surface area contributed by atoms with Crippen molar-refractivity contribution < 1.29 is 28.8 Å². The molecule has 0 saturated carbocycles. The Morgan fingerprint density at radius 2 is 1.20 bits per heavy atom. The molecule has 0 saturated heterocycles. The fraction of sp³-hybridized carbons (Fsp3) is 0.316. The molecule has 0 aliphatic rings. The Morgan fingerprint density at radius 3 is 1.52 bits per heavy atom. The molecule has 0 amide bonds. The molecule has 0 spiro atoms. The van der Waals surface area contributed by atoms with E-state index < -0.39 is 11.9 Å². The first-order chi connectivity index (χ1) is 12.0. The van der Waals surface area contributed by atoms with Crippen LogP contribution < -0.4 is 24.1 Å². The summed E-state index contributed by atoms with van der Waals surface area (Å²) < 4.78 is 21.1. The lowest BCUT2D eigenvalue weighted by Crippen LogP contribution is -2.25. The maximum absolute atomic E-state index is 11.3. The first kappa shape index (κ1) is 18.4. The number of carboxylic acids is 1. The molecule has 0 heterocycles. The Morgan fingerprint density at radius 1 is 0.800 bits per heavy atom. The van der Waals surface area contributed by atoms with Crippen molar-refractivity contribution >= 4 is 5.97 Å². The summed E-state index contributed by atoms with van der Waals surface area (Å²) in [7, 11) is 6.16. The highest BCUT2D eigenvalue weighted by molar-refractivity contribution is 5.67. The minimum atomic E-state index is -1.14. The Balaban J connectivity index is 2.51. The van der Waals surface area contributed by atoms with Crippen LogP contribution in [0.25, 0.3) is 0 Å². The van der Waals surface area contributed by atoms with Crippen molar-refractivity contribution in [3.8, 4) is 23.0 Å². The fourth-order valence-corrected chi connectivity index (χ4v) is 2.73. The summed E-state index contributed by atoms with van der Waals surface area (Å²) >= 11 is 0. The fourth-order valence-electron chi connectivity index (χ4n) is 2.73. The highest BCUT2D eigenvalue weighted by Crippen LogP contribution is 2.38. The third kappa shape index (κ3) is 4.15. The van der Waals surface area contributed by atoms with Gasteiger partial charge in [-0.3, -0.25) is 0 Å². The number of hydrogen-bond donors (Lipinski definition) is 0. The predicted molar refractivity (Wildman–Crippen MR) is 90.6 cm³/mol. The van der Waals surface area contributed by atoms with E-state index in [4.69, 9.17) is 18.9 Å². The smallest absolute Gasteiger partial charge is 0.161 e. The number of rotatable bonds is 8. The molecule has 0 radical (unpaired) electrons. The highest BCUT2D eigenvalue weighted by atomic mass is 16.5. The summed E-state index contributed by atoms with van der Waals surface area (Å²) in [5.41, 5.74) is 1.54. The minimum Gasteiger partial charge on any atom is -0.550 e. The SMILES string of the molecule is COc1ccc(C(CC(=O)[O-])c2ccc(OC)c(OC)c2)cc1OC. The van der Waals surface area contributed by atoms with Crippen molar-refractivity contribution in [1.82, 2.24) is 0 Å². The summed E-state index contributed by atoms with van der Waals surface area (Å²) in [6.45, 7) is 0. The quantitative estimate of drug-likeness (QED) is 0.728. The molecule has 25 heavy (non-hydrogen) atoms. The number of ether oxygens (including phenoxy) is 4. The maximum atomic E-state index is 11.3. The van der Waals surface area contributed by atoms with Gasteiger partial charge in [0.2, 0.25) is 0 Å². The van der Waals surface area contributed by atoms with Crippen LogP contribution in [0.5, 0.6) is 23.0 Å². The topological polar surface area (TPSA) is 77.1 Å². The largest absolute Gasteiger partial charge is 0.550 e. The zero-order chi connectivity index (χ0) is 18.4. The summed E-state index contributed by atoms with van der Waals surface area (Å²) in [6.07, 6.45) is -0.176. The average molecular weight is 345 g/mol.